The maximum absolute atomic E-state index is 12.1. The van der Waals surface area contributed by atoms with E-state index in [4.69, 9.17) is 24.1 Å². The maximum atomic E-state index is 12.1. The van der Waals surface area contributed by atoms with Crippen LogP contribution in [0.2, 0.25) is 0 Å². The van der Waals surface area contributed by atoms with Gasteiger partial charge in [0, 0.05) is 25.4 Å². The molecule has 2 amide bonds. The molecule has 3 rings (SSSR count). The Hall–Kier alpha value is -3.47. The summed E-state index contributed by atoms with van der Waals surface area (Å²) in [6.07, 6.45) is -0.704. The fraction of sp³-hybridized carbons (Fsp3) is 0.444. The number of hydrogen-bond donors (Lipinski definition) is 3. The van der Waals surface area contributed by atoms with Gasteiger partial charge in [-0.25, -0.2) is 4.79 Å². The lowest BCUT2D eigenvalue weighted by molar-refractivity contribution is -0.138. The second kappa shape index (κ2) is 15.6. The minimum Gasteiger partial charge on any atom is -0.481 e. The number of carbonyl (C=O) groups is 3. The number of carbonyl (C=O) groups excluding carboxylic acids is 2. The Morgan fingerprint density at radius 1 is 0.703 bits per heavy atom. The highest BCUT2D eigenvalue weighted by Crippen LogP contribution is 2.44. The van der Waals surface area contributed by atoms with E-state index in [1.54, 1.807) is 0 Å². The van der Waals surface area contributed by atoms with Crippen molar-refractivity contribution in [2.45, 2.75) is 18.8 Å². The summed E-state index contributed by atoms with van der Waals surface area (Å²) in [7, 11) is 0. The minimum atomic E-state index is -1.00. The molecule has 0 saturated heterocycles. The van der Waals surface area contributed by atoms with E-state index < -0.39 is 12.1 Å². The van der Waals surface area contributed by atoms with Crippen molar-refractivity contribution in [3.8, 4) is 11.1 Å². The largest absolute Gasteiger partial charge is 0.481 e. The van der Waals surface area contributed by atoms with Crippen LogP contribution in [0.5, 0.6) is 0 Å². The first kappa shape index (κ1) is 28.1. The van der Waals surface area contributed by atoms with Gasteiger partial charge in [0.25, 0.3) is 0 Å². The van der Waals surface area contributed by atoms with Gasteiger partial charge in [-0.1, -0.05) is 48.5 Å². The molecule has 0 aliphatic heterocycles. The molecule has 2 aromatic carbocycles. The maximum Gasteiger partial charge on any atom is 0.407 e. The number of aliphatic carboxylic acids is 1. The van der Waals surface area contributed by atoms with Crippen molar-refractivity contribution < 1.29 is 38.4 Å². The van der Waals surface area contributed by atoms with Gasteiger partial charge in [-0.2, -0.15) is 0 Å². The quantitative estimate of drug-likeness (QED) is 0.275. The standard InChI is InChI=1S/C27H34N2O8/c30-25(9-10-26(31)32)28-11-13-34-15-17-36-18-16-35-14-12-29-27(33)37-19-24-22-7-3-1-5-20(22)21-6-2-4-8-23(21)24/h1-8,24H,9-19H2,(H,28,30)(H,29,33)(H,31,32). The Morgan fingerprint density at radius 2 is 1.22 bits per heavy atom. The second-order valence-corrected chi connectivity index (χ2v) is 8.33. The predicted octanol–water partition coefficient (Wildman–Crippen LogP) is 2.56. The van der Waals surface area contributed by atoms with Crippen LogP contribution < -0.4 is 10.6 Å². The lowest BCUT2D eigenvalue weighted by atomic mass is 9.98. The smallest absolute Gasteiger partial charge is 0.407 e. The Kier molecular flexibility index (Phi) is 11.9. The van der Waals surface area contributed by atoms with Crippen molar-refractivity contribution in [2.75, 3.05) is 59.3 Å². The lowest BCUT2D eigenvalue weighted by Gasteiger charge is -2.14. The fourth-order valence-corrected chi connectivity index (χ4v) is 3.99. The van der Waals surface area contributed by atoms with Crippen LogP contribution >= 0.6 is 0 Å². The number of fused-ring (bicyclic) bond motifs is 3. The van der Waals surface area contributed by atoms with Gasteiger partial charge in [0.05, 0.1) is 46.1 Å². The molecule has 0 unspecified atom stereocenters. The number of hydrogen-bond acceptors (Lipinski definition) is 7. The van der Waals surface area contributed by atoms with Gasteiger partial charge >= 0.3 is 12.1 Å². The summed E-state index contributed by atoms with van der Waals surface area (Å²) >= 11 is 0. The number of benzene rings is 2. The van der Waals surface area contributed by atoms with Crippen LogP contribution in [-0.2, 0) is 28.5 Å². The number of carboxylic acid groups (broad SMARTS) is 1. The number of rotatable bonds is 17. The average Bonchev–Trinajstić information content (AvgIpc) is 3.22. The summed E-state index contributed by atoms with van der Waals surface area (Å²) in [6, 6.07) is 16.4. The van der Waals surface area contributed by atoms with Crippen LogP contribution in [0.3, 0.4) is 0 Å². The molecule has 37 heavy (non-hydrogen) atoms. The molecule has 10 heteroatoms. The number of carboxylic acids is 1. The zero-order chi connectivity index (χ0) is 26.3. The molecule has 0 atom stereocenters. The van der Waals surface area contributed by atoms with Crippen molar-refractivity contribution in [1.29, 1.82) is 0 Å². The minimum absolute atomic E-state index is 0.0260. The number of alkyl carbamates (subject to hydrolysis) is 1. The van der Waals surface area contributed by atoms with Crippen molar-refractivity contribution >= 4 is 18.0 Å². The topological polar surface area (TPSA) is 132 Å². The van der Waals surface area contributed by atoms with E-state index in [0.29, 0.717) is 52.7 Å². The Labute approximate surface area is 216 Å². The van der Waals surface area contributed by atoms with Gasteiger partial charge in [-0.3, -0.25) is 9.59 Å². The van der Waals surface area contributed by atoms with Crippen LogP contribution in [-0.4, -0.2) is 82.4 Å². The summed E-state index contributed by atoms with van der Waals surface area (Å²) < 4.78 is 21.6. The van der Waals surface area contributed by atoms with E-state index in [0.717, 1.165) is 0 Å². The third kappa shape index (κ3) is 9.49. The van der Waals surface area contributed by atoms with Crippen LogP contribution in [0.4, 0.5) is 4.79 Å². The van der Waals surface area contributed by atoms with Gasteiger partial charge in [-0.05, 0) is 22.3 Å². The Morgan fingerprint density at radius 3 is 1.78 bits per heavy atom. The van der Waals surface area contributed by atoms with Crippen LogP contribution in [0, 0.1) is 0 Å². The van der Waals surface area contributed by atoms with E-state index in [9.17, 15) is 14.4 Å². The van der Waals surface area contributed by atoms with Crippen molar-refractivity contribution in [3.05, 3.63) is 59.7 Å². The molecule has 0 aromatic heterocycles. The summed E-state index contributed by atoms with van der Waals surface area (Å²) in [5, 5.41) is 13.8. The van der Waals surface area contributed by atoms with Crippen LogP contribution in [0.25, 0.3) is 11.1 Å². The SMILES string of the molecule is O=C(O)CCC(=O)NCCOCCOCCOCCNC(=O)OCC1c2ccccc2-c2ccccc21. The predicted molar refractivity (Wildman–Crippen MR) is 135 cm³/mol. The number of ether oxygens (including phenoxy) is 4. The van der Waals surface area contributed by atoms with Crippen LogP contribution in [0.15, 0.2) is 48.5 Å². The molecule has 1 aliphatic rings. The third-order valence-electron chi connectivity index (χ3n) is 5.74. The van der Waals surface area contributed by atoms with Crippen LogP contribution in [0.1, 0.15) is 29.9 Å². The molecule has 0 radical (unpaired) electrons. The molecule has 3 N–H and O–H groups in total. The molecule has 0 heterocycles. The van der Waals surface area contributed by atoms with Gasteiger partial charge in [-0.15, -0.1) is 0 Å². The highest BCUT2D eigenvalue weighted by molar-refractivity contribution is 5.80. The van der Waals surface area contributed by atoms with Gasteiger partial charge in [0.15, 0.2) is 0 Å². The van der Waals surface area contributed by atoms with Crippen molar-refractivity contribution in [2.24, 2.45) is 0 Å². The molecule has 0 bridgehead atoms. The third-order valence-corrected chi connectivity index (χ3v) is 5.74. The molecule has 0 fully saturated rings. The first-order valence-corrected chi connectivity index (χ1v) is 12.4. The summed E-state index contributed by atoms with van der Waals surface area (Å²) in [4.78, 5) is 33.8. The van der Waals surface area contributed by atoms with E-state index in [-0.39, 0.29) is 31.3 Å². The van der Waals surface area contributed by atoms with E-state index in [1.165, 1.54) is 22.3 Å². The second-order valence-electron chi connectivity index (χ2n) is 8.33. The first-order chi connectivity index (χ1) is 18.1. The molecular weight excluding hydrogens is 480 g/mol. The zero-order valence-electron chi connectivity index (χ0n) is 20.8. The molecule has 200 valence electrons. The molecule has 2 aromatic rings. The molecular formula is C27H34N2O8. The van der Waals surface area contributed by atoms with E-state index >= 15 is 0 Å². The van der Waals surface area contributed by atoms with E-state index in [2.05, 4.69) is 34.9 Å². The molecule has 10 nitrogen and oxygen atoms in total. The fourth-order valence-electron chi connectivity index (χ4n) is 3.99. The highest BCUT2D eigenvalue weighted by atomic mass is 16.6. The highest BCUT2D eigenvalue weighted by Gasteiger charge is 2.28. The normalized spacial score (nSPS) is 12.0. The summed E-state index contributed by atoms with van der Waals surface area (Å²) in [6.45, 7) is 3.10. The monoisotopic (exact) mass is 514 g/mol. The summed E-state index contributed by atoms with van der Waals surface area (Å²) in [5.41, 5.74) is 4.72. The van der Waals surface area contributed by atoms with Gasteiger partial charge in [0.2, 0.25) is 5.91 Å². The lowest BCUT2D eigenvalue weighted by Crippen LogP contribution is -2.29. The number of nitrogens with one attached hydrogen (secondary N) is 2. The summed E-state index contributed by atoms with van der Waals surface area (Å²) in [5.74, 6) is -1.29. The number of amides is 2. The average molecular weight is 515 g/mol. The Balaban J connectivity index is 1.15. The molecule has 1 aliphatic carbocycles. The molecule has 0 spiro atoms. The van der Waals surface area contributed by atoms with Crippen molar-refractivity contribution in [3.63, 3.8) is 0 Å². The van der Waals surface area contributed by atoms with E-state index in [1.807, 2.05) is 24.3 Å². The van der Waals surface area contributed by atoms with Crippen molar-refractivity contribution in [1.82, 2.24) is 10.6 Å². The van der Waals surface area contributed by atoms with Gasteiger partial charge < -0.3 is 34.7 Å². The zero-order valence-corrected chi connectivity index (χ0v) is 20.8. The van der Waals surface area contributed by atoms with Gasteiger partial charge in [0.1, 0.15) is 6.61 Å². The Bertz CT molecular complexity index is 983. The molecule has 0 saturated carbocycles. The first-order valence-electron chi connectivity index (χ1n) is 12.4.